The average Bonchev–Trinajstić information content (AvgIpc) is 2.74. The Morgan fingerprint density at radius 2 is 1.94 bits per heavy atom. The molecule has 6 heteroatoms. The van der Waals surface area contributed by atoms with E-state index in [9.17, 15) is 4.79 Å². The van der Waals surface area contributed by atoms with Gasteiger partial charge in [-0.25, -0.2) is 4.79 Å². The maximum atomic E-state index is 11.5. The summed E-state index contributed by atoms with van der Waals surface area (Å²) in [5, 5.41) is 12.2. The molecule has 2 amide bonds. The highest BCUT2D eigenvalue weighted by Crippen LogP contribution is 2.13. The number of H-pyrrole nitrogens is 1. The number of hydrogen-bond acceptors (Lipinski definition) is 2. The summed E-state index contributed by atoms with van der Waals surface area (Å²) in [7, 11) is 0. The van der Waals surface area contributed by atoms with E-state index >= 15 is 0 Å². The number of rotatable bonds is 2. The van der Waals surface area contributed by atoms with Crippen molar-refractivity contribution in [2.24, 2.45) is 0 Å². The van der Waals surface area contributed by atoms with Crippen molar-refractivity contribution in [1.29, 1.82) is 0 Å². The third-order valence-electron chi connectivity index (χ3n) is 1.85. The molecular formula is C10H9ClN4O. The lowest BCUT2D eigenvalue weighted by Gasteiger charge is -2.05. The number of urea groups is 1. The lowest BCUT2D eigenvalue weighted by molar-refractivity contribution is 0.262. The van der Waals surface area contributed by atoms with E-state index in [4.69, 9.17) is 11.6 Å². The molecule has 0 atom stereocenters. The number of carbonyl (C=O) groups is 1. The van der Waals surface area contributed by atoms with Crippen LogP contribution in [-0.4, -0.2) is 16.2 Å². The Morgan fingerprint density at radius 3 is 2.56 bits per heavy atom. The first kappa shape index (κ1) is 10.5. The molecule has 1 heterocycles. The second-order valence-electron chi connectivity index (χ2n) is 3.06. The third kappa shape index (κ3) is 2.74. The fourth-order valence-electron chi connectivity index (χ4n) is 1.14. The van der Waals surface area contributed by atoms with Crippen LogP contribution in [0.4, 0.5) is 16.3 Å². The Bertz CT molecular complexity index is 466. The molecule has 0 fully saturated rings. The number of benzene rings is 1. The van der Waals surface area contributed by atoms with Crippen molar-refractivity contribution in [3.8, 4) is 0 Å². The van der Waals surface area contributed by atoms with Crippen LogP contribution in [0.3, 0.4) is 0 Å². The zero-order valence-corrected chi connectivity index (χ0v) is 8.95. The molecule has 5 nitrogen and oxygen atoms in total. The van der Waals surface area contributed by atoms with E-state index in [-0.39, 0.29) is 6.03 Å². The molecule has 0 aliphatic carbocycles. The quantitative estimate of drug-likeness (QED) is 0.750. The number of hydrogen-bond donors (Lipinski definition) is 3. The van der Waals surface area contributed by atoms with Gasteiger partial charge in [-0.3, -0.25) is 10.4 Å². The average molecular weight is 237 g/mol. The van der Waals surface area contributed by atoms with Crippen LogP contribution in [0.15, 0.2) is 36.5 Å². The number of nitrogens with one attached hydrogen (secondary N) is 3. The van der Waals surface area contributed by atoms with Crippen molar-refractivity contribution in [2.75, 3.05) is 10.6 Å². The van der Waals surface area contributed by atoms with Crippen molar-refractivity contribution in [3.63, 3.8) is 0 Å². The van der Waals surface area contributed by atoms with Crippen molar-refractivity contribution >= 4 is 29.1 Å². The zero-order valence-electron chi connectivity index (χ0n) is 8.20. The summed E-state index contributed by atoms with van der Waals surface area (Å²) in [5.41, 5.74) is 0.668. The normalized spacial score (nSPS) is 9.81. The minimum Gasteiger partial charge on any atom is -0.308 e. The minimum absolute atomic E-state index is 0.341. The van der Waals surface area contributed by atoms with Gasteiger partial charge in [0.25, 0.3) is 0 Å². The van der Waals surface area contributed by atoms with Crippen LogP contribution in [0.25, 0.3) is 0 Å². The number of carbonyl (C=O) groups excluding carboxylic acids is 1. The van der Waals surface area contributed by atoms with E-state index in [1.165, 1.54) is 0 Å². The number of anilines is 2. The molecule has 0 bridgehead atoms. The van der Waals surface area contributed by atoms with Crippen molar-refractivity contribution in [1.82, 2.24) is 10.2 Å². The Kier molecular flexibility index (Phi) is 3.07. The van der Waals surface area contributed by atoms with Crippen molar-refractivity contribution in [2.45, 2.75) is 0 Å². The molecule has 2 aromatic rings. The maximum Gasteiger partial charge on any atom is 0.324 e. The predicted molar refractivity (Wildman–Crippen MR) is 62.7 cm³/mol. The van der Waals surface area contributed by atoms with E-state index in [2.05, 4.69) is 20.8 Å². The van der Waals surface area contributed by atoms with Crippen LogP contribution in [0.2, 0.25) is 5.02 Å². The van der Waals surface area contributed by atoms with E-state index in [0.29, 0.717) is 16.5 Å². The largest absolute Gasteiger partial charge is 0.324 e. The summed E-state index contributed by atoms with van der Waals surface area (Å²) in [5.74, 6) is 0.534. The molecule has 0 radical (unpaired) electrons. The predicted octanol–water partition coefficient (Wildman–Crippen LogP) is 2.71. The lowest BCUT2D eigenvalue weighted by Crippen LogP contribution is -2.19. The van der Waals surface area contributed by atoms with Crippen molar-refractivity contribution in [3.05, 3.63) is 41.6 Å². The Hall–Kier alpha value is -2.01. The van der Waals surface area contributed by atoms with Crippen LogP contribution in [0, 0.1) is 0 Å². The molecular weight excluding hydrogens is 228 g/mol. The van der Waals surface area contributed by atoms with E-state index in [0.717, 1.165) is 0 Å². The minimum atomic E-state index is -0.341. The first-order valence-electron chi connectivity index (χ1n) is 4.57. The van der Waals surface area contributed by atoms with Crippen LogP contribution in [0.1, 0.15) is 0 Å². The first-order valence-corrected chi connectivity index (χ1v) is 4.95. The number of aromatic amines is 1. The third-order valence-corrected chi connectivity index (χ3v) is 2.10. The molecule has 3 N–H and O–H groups in total. The summed E-state index contributed by atoms with van der Waals surface area (Å²) in [6.07, 6.45) is 1.55. The fourth-order valence-corrected chi connectivity index (χ4v) is 1.27. The first-order chi connectivity index (χ1) is 7.74. The molecule has 0 unspecified atom stereocenters. The number of amides is 2. The lowest BCUT2D eigenvalue weighted by atomic mass is 10.3. The van der Waals surface area contributed by atoms with Gasteiger partial charge in [0.1, 0.15) is 5.82 Å². The molecule has 1 aromatic carbocycles. The number of nitrogens with zero attached hydrogens (tertiary/aromatic N) is 1. The molecule has 0 aliphatic heterocycles. The van der Waals surface area contributed by atoms with Gasteiger partial charge < -0.3 is 5.32 Å². The summed E-state index contributed by atoms with van der Waals surface area (Å²) >= 11 is 5.72. The van der Waals surface area contributed by atoms with Gasteiger partial charge >= 0.3 is 6.03 Å². The van der Waals surface area contributed by atoms with Gasteiger partial charge in [0.2, 0.25) is 0 Å². The molecule has 0 spiro atoms. The van der Waals surface area contributed by atoms with Crippen molar-refractivity contribution < 1.29 is 4.79 Å². The van der Waals surface area contributed by atoms with E-state index < -0.39 is 0 Å². The van der Waals surface area contributed by atoms with E-state index in [1.54, 1.807) is 36.5 Å². The van der Waals surface area contributed by atoms with Gasteiger partial charge in [-0.05, 0) is 24.3 Å². The topological polar surface area (TPSA) is 69.8 Å². The van der Waals surface area contributed by atoms with Crippen LogP contribution in [-0.2, 0) is 0 Å². The zero-order chi connectivity index (χ0) is 11.4. The van der Waals surface area contributed by atoms with Gasteiger partial charge in [0.15, 0.2) is 0 Å². The van der Waals surface area contributed by atoms with Gasteiger partial charge in [0.05, 0.1) is 6.20 Å². The summed E-state index contributed by atoms with van der Waals surface area (Å²) in [6.45, 7) is 0. The van der Waals surface area contributed by atoms with Gasteiger partial charge in [-0.1, -0.05) is 11.6 Å². The molecule has 82 valence electrons. The standard InChI is InChI=1S/C10H9ClN4O/c11-7-1-3-8(4-2-7)13-10(16)14-9-5-6-12-15-9/h1-6H,(H3,12,13,14,15,16). The Balaban J connectivity index is 1.95. The monoisotopic (exact) mass is 236 g/mol. The number of aromatic nitrogens is 2. The highest BCUT2D eigenvalue weighted by Gasteiger charge is 2.02. The van der Waals surface area contributed by atoms with E-state index in [1.807, 2.05) is 0 Å². The molecule has 1 aromatic heterocycles. The second kappa shape index (κ2) is 4.67. The van der Waals surface area contributed by atoms with Gasteiger partial charge in [0, 0.05) is 16.8 Å². The molecule has 0 saturated heterocycles. The van der Waals surface area contributed by atoms with Crippen LogP contribution < -0.4 is 10.6 Å². The molecule has 2 rings (SSSR count). The molecule has 0 saturated carbocycles. The van der Waals surface area contributed by atoms with Crippen LogP contribution >= 0.6 is 11.6 Å². The van der Waals surface area contributed by atoms with Gasteiger partial charge in [-0.15, -0.1) is 0 Å². The summed E-state index contributed by atoms with van der Waals surface area (Å²) in [6, 6.07) is 8.15. The molecule has 0 aliphatic rings. The summed E-state index contributed by atoms with van der Waals surface area (Å²) < 4.78 is 0. The highest BCUT2D eigenvalue weighted by molar-refractivity contribution is 6.30. The molecule has 16 heavy (non-hydrogen) atoms. The smallest absolute Gasteiger partial charge is 0.308 e. The SMILES string of the molecule is O=C(Nc1ccc(Cl)cc1)Nc1ccn[nH]1. The Labute approximate surface area is 96.8 Å². The van der Waals surface area contributed by atoms with Crippen LogP contribution in [0.5, 0.6) is 0 Å². The second-order valence-corrected chi connectivity index (χ2v) is 3.49. The van der Waals surface area contributed by atoms with Gasteiger partial charge in [-0.2, -0.15) is 5.10 Å². The fraction of sp³-hybridized carbons (Fsp3) is 0. The maximum absolute atomic E-state index is 11.5. The summed E-state index contributed by atoms with van der Waals surface area (Å²) in [4.78, 5) is 11.5. The highest BCUT2D eigenvalue weighted by atomic mass is 35.5. The Morgan fingerprint density at radius 1 is 1.19 bits per heavy atom. The number of halogens is 1.